The van der Waals surface area contributed by atoms with Gasteiger partial charge in [-0.3, -0.25) is 4.98 Å². The third-order valence-corrected chi connectivity index (χ3v) is 3.94. The molecular formula is C14H15BrClN3. The second-order valence-electron chi connectivity index (χ2n) is 5.44. The summed E-state index contributed by atoms with van der Waals surface area (Å²) in [5.74, 6) is 0.602. The molecule has 0 aromatic carbocycles. The van der Waals surface area contributed by atoms with E-state index < -0.39 is 0 Å². The van der Waals surface area contributed by atoms with Crippen molar-refractivity contribution in [2.75, 3.05) is 0 Å². The molecule has 3 nitrogen and oxygen atoms in total. The van der Waals surface area contributed by atoms with Gasteiger partial charge in [0.25, 0.3) is 0 Å². The number of aromatic nitrogens is 3. The highest BCUT2D eigenvalue weighted by atomic mass is 79.9. The molecule has 0 saturated carbocycles. The molecule has 2 heterocycles. The average molecular weight is 341 g/mol. The van der Waals surface area contributed by atoms with Crippen molar-refractivity contribution < 1.29 is 0 Å². The van der Waals surface area contributed by atoms with Gasteiger partial charge in [0, 0.05) is 22.9 Å². The third kappa shape index (κ3) is 3.12. The highest BCUT2D eigenvalue weighted by Crippen LogP contribution is 2.33. The quantitative estimate of drug-likeness (QED) is 0.714. The number of hydrogen-bond acceptors (Lipinski definition) is 3. The lowest BCUT2D eigenvalue weighted by molar-refractivity contribution is 0.564. The van der Waals surface area contributed by atoms with Crippen LogP contribution in [-0.4, -0.2) is 15.0 Å². The van der Waals surface area contributed by atoms with E-state index in [-0.39, 0.29) is 5.41 Å². The summed E-state index contributed by atoms with van der Waals surface area (Å²) in [5.41, 5.74) is 2.61. The van der Waals surface area contributed by atoms with Crippen LogP contribution in [0, 0.1) is 6.92 Å². The first-order valence-corrected chi connectivity index (χ1v) is 7.12. The number of aryl methyl sites for hydroxylation is 1. The van der Waals surface area contributed by atoms with Crippen molar-refractivity contribution in [3.8, 4) is 11.4 Å². The van der Waals surface area contributed by atoms with Crippen molar-refractivity contribution in [2.45, 2.75) is 33.1 Å². The zero-order chi connectivity index (χ0) is 14.2. The summed E-state index contributed by atoms with van der Waals surface area (Å²) in [7, 11) is 0. The first-order chi connectivity index (χ1) is 8.79. The number of rotatable bonds is 1. The summed E-state index contributed by atoms with van der Waals surface area (Å²) in [6, 6.07) is 3.89. The molecule has 0 atom stereocenters. The van der Waals surface area contributed by atoms with Crippen LogP contribution in [0.15, 0.2) is 22.8 Å². The smallest absolute Gasteiger partial charge is 0.162 e. The van der Waals surface area contributed by atoms with Crippen molar-refractivity contribution >= 4 is 27.5 Å². The molecule has 0 aliphatic heterocycles. The SMILES string of the molecule is Cc1ccc(-c2nc(Cl)c(Br)c(C(C)(C)C)n2)cn1. The van der Waals surface area contributed by atoms with Crippen molar-refractivity contribution in [2.24, 2.45) is 0 Å². The summed E-state index contributed by atoms with van der Waals surface area (Å²) in [5, 5.41) is 0.426. The molecule has 100 valence electrons. The molecule has 2 rings (SSSR count). The van der Waals surface area contributed by atoms with E-state index in [4.69, 9.17) is 11.6 Å². The van der Waals surface area contributed by atoms with E-state index in [0.717, 1.165) is 21.4 Å². The van der Waals surface area contributed by atoms with Crippen molar-refractivity contribution in [3.63, 3.8) is 0 Å². The van der Waals surface area contributed by atoms with Crippen molar-refractivity contribution in [1.82, 2.24) is 15.0 Å². The fourth-order valence-corrected chi connectivity index (χ4v) is 2.59. The van der Waals surface area contributed by atoms with Gasteiger partial charge >= 0.3 is 0 Å². The minimum Gasteiger partial charge on any atom is -0.261 e. The summed E-state index contributed by atoms with van der Waals surface area (Å²) < 4.78 is 0.755. The molecule has 0 amide bonds. The molecule has 0 aliphatic rings. The molecule has 2 aromatic heterocycles. The first-order valence-electron chi connectivity index (χ1n) is 5.95. The van der Waals surface area contributed by atoms with E-state index in [9.17, 15) is 0 Å². The fourth-order valence-electron chi connectivity index (χ4n) is 1.65. The predicted octanol–water partition coefficient (Wildman–Crippen LogP) is 4.56. The Morgan fingerprint density at radius 2 is 1.84 bits per heavy atom. The first kappa shape index (κ1) is 14.4. The minimum atomic E-state index is -0.113. The maximum atomic E-state index is 6.19. The molecule has 0 N–H and O–H groups in total. The number of halogens is 2. The summed E-state index contributed by atoms with van der Waals surface area (Å²) in [4.78, 5) is 13.2. The zero-order valence-electron chi connectivity index (χ0n) is 11.3. The fraction of sp³-hybridized carbons (Fsp3) is 0.357. The molecular weight excluding hydrogens is 326 g/mol. The van der Waals surface area contributed by atoms with E-state index in [1.54, 1.807) is 6.20 Å². The maximum Gasteiger partial charge on any atom is 0.162 e. The van der Waals surface area contributed by atoms with Crippen LogP contribution in [0.5, 0.6) is 0 Å². The van der Waals surface area contributed by atoms with Crippen LogP contribution in [-0.2, 0) is 5.41 Å². The molecule has 19 heavy (non-hydrogen) atoms. The van der Waals surface area contributed by atoms with Crippen LogP contribution in [0.4, 0.5) is 0 Å². The molecule has 0 unspecified atom stereocenters. The number of nitrogens with zero attached hydrogens (tertiary/aromatic N) is 3. The van der Waals surface area contributed by atoms with E-state index in [0.29, 0.717) is 11.0 Å². The Hall–Kier alpha value is -1.00. The van der Waals surface area contributed by atoms with E-state index in [2.05, 4.69) is 51.7 Å². The highest BCUT2D eigenvalue weighted by Gasteiger charge is 2.23. The van der Waals surface area contributed by atoms with Gasteiger partial charge in [0.2, 0.25) is 0 Å². The second-order valence-corrected chi connectivity index (χ2v) is 6.59. The Kier molecular flexibility index (Phi) is 3.92. The second kappa shape index (κ2) is 5.17. The van der Waals surface area contributed by atoms with Gasteiger partial charge in [-0.2, -0.15) is 0 Å². The lowest BCUT2D eigenvalue weighted by Crippen LogP contribution is -2.16. The van der Waals surface area contributed by atoms with Crippen LogP contribution in [0.3, 0.4) is 0 Å². The summed E-state index contributed by atoms with van der Waals surface area (Å²) in [6.45, 7) is 8.22. The van der Waals surface area contributed by atoms with Crippen LogP contribution >= 0.6 is 27.5 Å². The lowest BCUT2D eigenvalue weighted by Gasteiger charge is -2.20. The molecule has 5 heteroatoms. The number of pyridine rings is 1. The van der Waals surface area contributed by atoms with Gasteiger partial charge in [-0.05, 0) is 35.0 Å². The molecule has 0 saturated heterocycles. The molecule has 0 aliphatic carbocycles. The highest BCUT2D eigenvalue weighted by molar-refractivity contribution is 9.10. The van der Waals surface area contributed by atoms with Gasteiger partial charge in [-0.25, -0.2) is 9.97 Å². The molecule has 0 radical (unpaired) electrons. The topological polar surface area (TPSA) is 38.7 Å². The monoisotopic (exact) mass is 339 g/mol. The number of hydrogen-bond donors (Lipinski definition) is 0. The van der Waals surface area contributed by atoms with E-state index in [1.807, 2.05) is 19.1 Å². The maximum absolute atomic E-state index is 6.19. The van der Waals surface area contributed by atoms with Crippen molar-refractivity contribution in [1.29, 1.82) is 0 Å². The Balaban J connectivity index is 2.60. The Bertz CT molecular complexity index is 603. The van der Waals surface area contributed by atoms with E-state index >= 15 is 0 Å². The Labute approximate surface area is 126 Å². The predicted molar refractivity (Wildman–Crippen MR) is 81.4 cm³/mol. The summed E-state index contributed by atoms with van der Waals surface area (Å²) in [6.07, 6.45) is 1.77. The molecule has 0 spiro atoms. The lowest BCUT2D eigenvalue weighted by atomic mass is 9.92. The van der Waals surface area contributed by atoms with E-state index in [1.165, 1.54) is 0 Å². The van der Waals surface area contributed by atoms with Crippen LogP contribution in [0.25, 0.3) is 11.4 Å². The van der Waals surface area contributed by atoms with Crippen LogP contribution in [0.2, 0.25) is 5.15 Å². The molecule has 0 fully saturated rings. The largest absolute Gasteiger partial charge is 0.261 e. The average Bonchev–Trinajstić information content (AvgIpc) is 2.32. The van der Waals surface area contributed by atoms with Gasteiger partial charge in [0.05, 0.1) is 10.2 Å². The van der Waals surface area contributed by atoms with Crippen molar-refractivity contribution in [3.05, 3.63) is 39.3 Å². The van der Waals surface area contributed by atoms with Gasteiger partial charge in [-0.1, -0.05) is 32.4 Å². The Morgan fingerprint density at radius 1 is 1.16 bits per heavy atom. The standard InChI is InChI=1S/C14H15BrClN3/c1-8-5-6-9(7-17-8)13-18-11(14(2,3)4)10(15)12(16)19-13/h5-7H,1-4H3. The van der Waals surface area contributed by atoms with Crippen LogP contribution < -0.4 is 0 Å². The van der Waals surface area contributed by atoms with Crippen LogP contribution in [0.1, 0.15) is 32.2 Å². The van der Waals surface area contributed by atoms with Gasteiger partial charge < -0.3 is 0 Å². The summed E-state index contributed by atoms with van der Waals surface area (Å²) >= 11 is 9.65. The normalized spacial score (nSPS) is 11.7. The van der Waals surface area contributed by atoms with Gasteiger partial charge in [0.1, 0.15) is 5.15 Å². The van der Waals surface area contributed by atoms with Gasteiger partial charge in [-0.15, -0.1) is 0 Å². The zero-order valence-corrected chi connectivity index (χ0v) is 13.7. The Morgan fingerprint density at radius 3 is 2.37 bits per heavy atom. The molecule has 0 bridgehead atoms. The minimum absolute atomic E-state index is 0.113. The third-order valence-electron chi connectivity index (χ3n) is 2.69. The van der Waals surface area contributed by atoms with Gasteiger partial charge in [0.15, 0.2) is 5.82 Å². The molecule has 2 aromatic rings.